The molecule has 0 radical (unpaired) electrons. The van der Waals surface area contributed by atoms with Crippen molar-refractivity contribution in [3.8, 4) is 0 Å². The zero-order chi connectivity index (χ0) is 15.7. The molecule has 1 aromatic carbocycles. The van der Waals surface area contributed by atoms with Crippen molar-refractivity contribution in [2.75, 3.05) is 0 Å². The van der Waals surface area contributed by atoms with Crippen LogP contribution in [0.5, 0.6) is 0 Å². The van der Waals surface area contributed by atoms with Crippen molar-refractivity contribution >= 4 is 23.2 Å². The molecule has 0 spiro atoms. The quantitative estimate of drug-likeness (QED) is 0.284. The number of furan rings is 1. The van der Waals surface area contributed by atoms with E-state index in [2.05, 4.69) is 4.42 Å². The summed E-state index contributed by atoms with van der Waals surface area (Å²) in [5, 5.41) is -1.12. The van der Waals surface area contributed by atoms with Gasteiger partial charge in [0, 0.05) is 0 Å². The lowest BCUT2D eigenvalue weighted by atomic mass is 10.3. The molecule has 9 heteroatoms. The van der Waals surface area contributed by atoms with Crippen LogP contribution in [0.3, 0.4) is 0 Å². The number of carbonyl (C=O) groups excluding carboxylic acids is 2. The molecule has 1 aromatic heterocycles. The lowest BCUT2D eigenvalue weighted by Gasteiger charge is -2.06. The van der Waals surface area contributed by atoms with E-state index in [1.54, 1.807) is 0 Å². The van der Waals surface area contributed by atoms with Crippen molar-refractivity contribution in [1.29, 1.82) is 0 Å². The number of benzene rings is 1. The van der Waals surface area contributed by atoms with Crippen molar-refractivity contribution in [2.24, 2.45) is 0 Å². The first-order chi connectivity index (χ1) is 9.86. The largest absolute Gasteiger partial charge is 0.449 e. The van der Waals surface area contributed by atoms with E-state index in [4.69, 9.17) is 0 Å². The Labute approximate surface area is 117 Å². The molecule has 21 heavy (non-hydrogen) atoms. The highest BCUT2D eigenvalue weighted by molar-refractivity contribution is 8.14. The minimum atomic E-state index is -2.32. The summed E-state index contributed by atoms with van der Waals surface area (Å²) >= 11 is -0.234. The molecular formula is C12H3F5O3S. The molecule has 1 heterocycles. The molecule has 0 fully saturated rings. The smallest absolute Gasteiger partial charge is 0.259 e. The van der Waals surface area contributed by atoms with E-state index in [1.165, 1.54) is 0 Å². The van der Waals surface area contributed by atoms with Crippen LogP contribution in [-0.2, 0) is 0 Å². The van der Waals surface area contributed by atoms with Gasteiger partial charge in [-0.1, -0.05) is 0 Å². The number of carbonyl (C=O) groups is 2. The molecular weight excluding hydrogens is 319 g/mol. The maximum absolute atomic E-state index is 13.4. The van der Waals surface area contributed by atoms with Crippen LogP contribution in [-0.4, -0.2) is 11.4 Å². The molecule has 0 aliphatic rings. The fourth-order valence-corrected chi connectivity index (χ4v) is 2.10. The Balaban J connectivity index is 2.40. The van der Waals surface area contributed by atoms with Gasteiger partial charge in [0.2, 0.25) is 5.82 Å². The summed E-state index contributed by atoms with van der Waals surface area (Å²) in [5.74, 6) is -11.6. The summed E-state index contributed by atoms with van der Waals surface area (Å²) < 4.78 is 70.2. The molecule has 0 saturated carbocycles. The molecule has 2 aromatic rings. The summed E-state index contributed by atoms with van der Waals surface area (Å²) in [7, 11) is 0. The van der Waals surface area contributed by atoms with E-state index in [1.807, 2.05) is 0 Å². The SMILES string of the molecule is O=Cc1ccc(C(=O)Sc2c(F)c(F)c(F)c(F)c2F)o1. The molecule has 0 amide bonds. The first kappa shape index (κ1) is 15.2. The van der Waals surface area contributed by atoms with Gasteiger partial charge in [0.05, 0.1) is 4.90 Å². The summed E-state index contributed by atoms with van der Waals surface area (Å²) in [5.41, 5.74) is 0. The third-order valence-corrected chi connectivity index (χ3v) is 3.26. The molecule has 0 atom stereocenters. The van der Waals surface area contributed by atoms with E-state index >= 15 is 0 Å². The highest BCUT2D eigenvalue weighted by Gasteiger charge is 2.28. The monoisotopic (exact) mass is 322 g/mol. The van der Waals surface area contributed by atoms with Gasteiger partial charge in [0.25, 0.3) is 5.12 Å². The first-order valence-electron chi connectivity index (χ1n) is 5.15. The molecule has 0 aliphatic carbocycles. The van der Waals surface area contributed by atoms with Crippen LogP contribution in [0.4, 0.5) is 22.0 Å². The Morgan fingerprint density at radius 1 is 0.952 bits per heavy atom. The van der Waals surface area contributed by atoms with Gasteiger partial charge in [-0.15, -0.1) is 0 Å². The Hall–Kier alpha value is -2.16. The summed E-state index contributed by atoms with van der Waals surface area (Å²) in [4.78, 5) is 20.7. The van der Waals surface area contributed by atoms with E-state index in [9.17, 15) is 31.5 Å². The fourth-order valence-electron chi connectivity index (χ4n) is 1.34. The topological polar surface area (TPSA) is 47.3 Å². The van der Waals surface area contributed by atoms with Crippen LogP contribution in [0.1, 0.15) is 21.1 Å². The van der Waals surface area contributed by atoms with E-state index in [-0.39, 0.29) is 23.8 Å². The Morgan fingerprint density at radius 3 is 1.95 bits per heavy atom. The standard InChI is InChI=1S/C12H3F5O3S/c13-6-7(14)9(16)11(10(17)8(6)15)21-12(19)5-2-1-4(3-18)20-5/h1-3H. The number of rotatable bonds is 3. The van der Waals surface area contributed by atoms with E-state index < -0.39 is 44.9 Å². The molecule has 0 unspecified atom stereocenters. The van der Waals surface area contributed by atoms with E-state index in [0.717, 1.165) is 12.1 Å². The van der Waals surface area contributed by atoms with Gasteiger partial charge in [0.15, 0.2) is 41.1 Å². The van der Waals surface area contributed by atoms with E-state index in [0.29, 0.717) is 0 Å². The van der Waals surface area contributed by atoms with Gasteiger partial charge in [-0.2, -0.15) is 0 Å². The van der Waals surface area contributed by atoms with Crippen molar-refractivity contribution in [1.82, 2.24) is 0 Å². The number of hydrogen-bond acceptors (Lipinski definition) is 4. The number of halogens is 5. The predicted molar refractivity (Wildman–Crippen MR) is 60.5 cm³/mol. The van der Waals surface area contributed by atoms with Crippen molar-refractivity contribution in [3.63, 3.8) is 0 Å². The molecule has 0 N–H and O–H groups in total. The lowest BCUT2D eigenvalue weighted by Crippen LogP contribution is -2.05. The van der Waals surface area contributed by atoms with Gasteiger partial charge < -0.3 is 4.42 Å². The van der Waals surface area contributed by atoms with Crippen LogP contribution in [0.25, 0.3) is 0 Å². The third-order valence-electron chi connectivity index (χ3n) is 2.31. The number of hydrogen-bond donors (Lipinski definition) is 0. The second-order valence-corrected chi connectivity index (χ2v) is 4.59. The minimum Gasteiger partial charge on any atom is -0.449 e. The Morgan fingerprint density at radius 2 is 1.48 bits per heavy atom. The maximum Gasteiger partial charge on any atom is 0.259 e. The average Bonchev–Trinajstić information content (AvgIpc) is 2.96. The molecule has 3 nitrogen and oxygen atoms in total. The lowest BCUT2D eigenvalue weighted by molar-refractivity contribution is 0.105. The molecule has 0 bridgehead atoms. The van der Waals surface area contributed by atoms with Crippen molar-refractivity contribution in [2.45, 2.75) is 4.90 Å². The number of aldehydes is 1. The summed E-state index contributed by atoms with van der Waals surface area (Å²) in [6.07, 6.45) is 0.278. The third kappa shape index (κ3) is 2.68. The van der Waals surface area contributed by atoms with Crippen LogP contribution >= 0.6 is 11.8 Å². The highest BCUT2D eigenvalue weighted by atomic mass is 32.2. The van der Waals surface area contributed by atoms with Gasteiger partial charge in [0.1, 0.15) is 0 Å². The van der Waals surface area contributed by atoms with Gasteiger partial charge in [-0.05, 0) is 23.9 Å². The van der Waals surface area contributed by atoms with Crippen LogP contribution in [0, 0.1) is 29.1 Å². The second-order valence-electron chi connectivity index (χ2n) is 3.61. The molecule has 110 valence electrons. The van der Waals surface area contributed by atoms with Crippen LogP contribution in [0.2, 0.25) is 0 Å². The zero-order valence-corrected chi connectivity index (χ0v) is 10.6. The van der Waals surface area contributed by atoms with Gasteiger partial charge in [-0.3, -0.25) is 9.59 Å². The zero-order valence-electron chi connectivity index (χ0n) is 9.75. The van der Waals surface area contributed by atoms with Crippen LogP contribution < -0.4 is 0 Å². The Bertz CT molecular complexity index is 712. The van der Waals surface area contributed by atoms with Gasteiger partial charge >= 0.3 is 0 Å². The summed E-state index contributed by atoms with van der Waals surface area (Å²) in [6.45, 7) is 0. The molecule has 0 saturated heterocycles. The number of thioether (sulfide) groups is 1. The predicted octanol–water partition coefficient (Wildman–Crippen LogP) is 3.72. The highest BCUT2D eigenvalue weighted by Crippen LogP contribution is 2.33. The minimum absolute atomic E-state index is 0.226. The van der Waals surface area contributed by atoms with Crippen molar-refractivity contribution in [3.05, 3.63) is 52.7 Å². The average molecular weight is 322 g/mol. The van der Waals surface area contributed by atoms with Gasteiger partial charge in [-0.25, -0.2) is 22.0 Å². The van der Waals surface area contributed by atoms with Crippen molar-refractivity contribution < 1.29 is 36.0 Å². The van der Waals surface area contributed by atoms with Crippen LogP contribution in [0.15, 0.2) is 21.4 Å². The second kappa shape index (κ2) is 5.68. The Kier molecular flexibility index (Phi) is 4.12. The molecule has 2 rings (SSSR count). The summed E-state index contributed by atoms with van der Waals surface area (Å²) in [6, 6.07) is 2.14. The molecule has 0 aliphatic heterocycles. The fraction of sp³-hybridized carbons (Fsp3) is 0. The first-order valence-corrected chi connectivity index (χ1v) is 5.97. The normalized spacial score (nSPS) is 10.7. The maximum atomic E-state index is 13.4.